The van der Waals surface area contributed by atoms with Crippen molar-refractivity contribution in [2.24, 2.45) is 0 Å². The first kappa shape index (κ1) is 19.7. The molecule has 0 saturated carbocycles. The van der Waals surface area contributed by atoms with Gasteiger partial charge in [0.05, 0.1) is 23.3 Å². The number of hydrogen-bond donors (Lipinski definition) is 2. The van der Waals surface area contributed by atoms with E-state index in [9.17, 15) is 13.6 Å². The first-order chi connectivity index (χ1) is 13.2. The summed E-state index contributed by atoms with van der Waals surface area (Å²) >= 11 is 0. The predicted octanol–water partition coefficient (Wildman–Crippen LogP) is 4.23. The van der Waals surface area contributed by atoms with Crippen molar-refractivity contribution in [1.29, 1.82) is 0 Å². The zero-order chi connectivity index (χ0) is 20.4. The highest BCUT2D eigenvalue weighted by molar-refractivity contribution is 5.92. The average molecular weight is 384 g/mol. The maximum Gasteiger partial charge on any atom is 0.268 e. The van der Waals surface area contributed by atoms with E-state index in [1.54, 1.807) is 38.4 Å². The van der Waals surface area contributed by atoms with Crippen LogP contribution in [0.25, 0.3) is 22.3 Å². The molecule has 7 heteroatoms. The van der Waals surface area contributed by atoms with Crippen LogP contribution < -0.4 is 5.32 Å². The van der Waals surface area contributed by atoms with E-state index in [4.69, 9.17) is 0 Å². The molecule has 3 aromatic rings. The SMILES string of the molecule is C=CCC(F)(F)CNC(=O)C(C)(C)c1cccc(-c2ccnc3[nH]ccc23)n1. The molecule has 28 heavy (non-hydrogen) atoms. The highest BCUT2D eigenvalue weighted by Crippen LogP contribution is 2.29. The van der Waals surface area contributed by atoms with E-state index < -0.39 is 30.2 Å². The molecular formula is C21H22F2N4O. The van der Waals surface area contributed by atoms with Crippen molar-refractivity contribution in [3.05, 3.63) is 61.1 Å². The van der Waals surface area contributed by atoms with Crippen molar-refractivity contribution >= 4 is 16.9 Å². The van der Waals surface area contributed by atoms with Gasteiger partial charge in [0.15, 0.2) is 0 Å². The van der Waals surface area contributed by atoms with Gasteiger partial charge in [-0.25, -0.2) is 13.8 Å². The molecule has 0 aliphatic rings. The summed E-state index contributed by atoms with van der Waals surface area (Å²) in [7, 11) is 0. The fourth-order valence-electron chi connectivity index (χ4n) is 2.95. The van der Waals surface area contributed by atoms with Gasteiger partial charge in [-0.15, -0.1) is 6.58 Å². The number of amides is 1. The van der Waals surface area contributed by atoms with E-state index in [0.29, 0.717) is 11.4 Å². The summed E-state index contributed by atoms with van der Waals surface area (Å²) in [6.45, 7) is 5.91. The Hall–Kier alpha value is -3.09. The number of hydrogen-bond acceptors (Lipinski definition) is 3. The van der Waals surface area contributed by atoms with E-state index in [2.05, 4.69) is 26.8 Å². The van der Waals surface area contributed by atoms with E-state index in [0.717, 1.165) is 22.7 Å². The number of aromatic amines is 1. The monoisotopic (exact) mass is 384 g/mol. The van der Waals surface area contributed by atoms with Crippen LogP contribution in [0.4, 0.5) is 8.78 Å². The largest absolute Gasteiger partial charge is 0.349 e. The van der Waals surface area contributed by atoms with Crippen LogP contribution in [0.5, 0.6) is 0 Å². The molecule has 5 nitrogen and oxygen atoms in total. The Morgan fingerprint density at radius 1 is 1.29 bits per heavy atom. The molecule has 1 amide bonds. The number of carbonyl (C=O) groups is 1. The number of H-pyrrole nitrogens is 1. The van der Waals surface area contributed by atoms with Crippen LogP contribution in [0.2, 0.25) is 0 Å². The van der Waals surface area contributed by atoms with E-state index >= 15 is 0 Å². The minimum Gasteiger partial charge on any atom is -0.349 e. The molecule has 3 rings (SSSR count). The van der Waals surface area contributed by atoms with Gasteiger partial charge in [0.2, 0.25) is 5.91 Å². The summed E-state index contributed by atoms with van der Waals surface area (Å²) < 4.78 is 27.3. The van der Waals surface area contributed by atoms with Crippen molar-refractivity contribution in [3.8, 4) is 11.3 Å². The summed E-state index contributed by atoms with van der Waals surface area (Å²) in [6, 6.07) is 9.13. The third-order valence-corrected chi connectivity index (χ3v) is 4.64. The number of pyridine rings is 2. The summed E-state index contributed by atoms with van der Waals surface area (Å²) in [6.07, 6.45) is 4.13. The molecule has 0 aliphatic carbocycles. The number of alkyl halides is 2. The number of fused-ring (bicyclic) bond motifs is 1. The molecule has 0 aromatic carbocycles. The van der Waals surface area contributed by atoms with Gasteiger partial charge in [-0.2, -0.15) is 0 Å². The van der Waals surface area contributed by atoms with Crippen LogP contribution >= 0.6 is 0 Å². The topological polar surface area (TPSA) is 70.7 Å². The number of nitrogens with zero attached hydrogens (tertiary/aromatic N) is 2. The van der Waals surface area contributed by atoms with Crippen molar-refractivity contribution in [2.75, 3.05) is 6.54 Å². The van der Waals surface area contributed by atoms with E-state index in [-0.39, 0.29) is 0 Å². The minimum absolute atomic E-state index is 0.490. The third kappa shape index (κ3) is 3.93. The van der Waals surface area contributed by atoms with Gasteiger partial charge in [0.1, 0.15) is 5.65 Å². The minimum atomic E-state index is -3.03. The Balaban J connectivity index is 1.87. The number of halogens is 2. The summed E-state index contributed by atoms with van der Waals surface area (Å²) in [5.74, 6) is -3.54. The zero-order valence-corrected chi connectivity index (χ0v) is 15.8. The number of carbonyl (C=O) groups excluding carboxylic acids is 1. The Labute approximate surface area is 161 Å². The predicted molar refractivity (Wildman–Crippen MR) is 105 cm³/mol. The van der Waals surface area contributed by atoms with E-state index in [1.807, 2.05) is 18.2 Å². The van der Waals surface area contributed by atoms with Gasteiger partial charge in [0, 0.05) is 29.8 Å². The zero-order valence-electron chi connectivity index (χ0n) is 15.8. The Kier molecular flexibility index (Phi) is 5.27. The van der Waals surface area contributed by atoms with Gasteiger partial charge in [0.25, 0.3) is 5.92 Å². The second-order valence-corrected chi connectivity index (χ2v) is 7.16. The molecule has 0 atom stereocenters. The van der Waals surface area contributed by atoms with Crippen molar-refractivity contribution < 1.29 is 13.6 Å². The maximum atomic E-state index is 13.7. The van der Waals surface area contributed by atoms with Crippen LogP contribution in [0.15, 0.2) is 55.4 Å². The normalized spacial score (nSPS) is 12.1. The molecule has 0 aliphatic heterocycles. The van der Waals surface area contributed by atoms with Crippen molar-refractivity contribution in [2.45, 2.75) is 31.6 Å². The number of nitrogens with one attached hydrogen (secondary N) is 2. The highest BCUT2D eigenvalue weighted by Gasteiger charge is 2.35. The number of aromatic nitrogens is 3. The van der Waals surface area contributed by atoms with Crippen molar-refractivity contribution in [3.63, 3.8) is 0 Å². The maximum absolute atomic E-state index is 13.7. The molecule has 0 fully saturated rings. The molecule has 0 radical (unpaired) electrons. The van der Waals surface area contributed by atoms with Gasteiger partial charge in [-0.05, 0) is 38.1 Å². The smallest absolute Gasteiger partial charge is 0.268 e. The second-order valence-electron chi connectivity index (χ2n) is 7.16. The van der Waals surface area contributed by atoms with E-state index in [1.165, 1.54) is 0 Å². The number of rotatable bonds is 7. The summed E-state index contributed by atoms with van der Waals surface area (Å²) in [5, 5.41) is 3.25. The van der Waals surface area contributed by atoms with Gasteiger partial charge in [-0.3, -0.25) is 9.78 Å². The highest BCUT2D eigenvalue weighted by atomic mass is 19.3. The molecule has 0 unspecified atom stereocenters. The summed E-state index contributed by atoms with van der Waals surface area (Å²) in [4.78, 5) is 24.6. The molecule has 2 N–H and O–H groups in total. The molecule has 3 heterocycles. The molecule has 146 valence electrons. The molecule has 0 spiro atoms. The van der Waals surface area contributed by atoms with Gasteiger partial charge in [-0.1, -0.05) is 12.1 Å². The lowest BCUT2D eigenvalue weighted by molar-refractivity contribution is -0.127. The lowest BCUT2D eigenvalue weighted by Gasteiger charge is -2.25. The Morgan fingerprint density at radius 3 is 2.82 bits per heavy atom. The second kappa shape index (κ2) is 7.50. The fraction of sp³-hybridized carbons (Fsp3) is 0.286. The summed E-state index contributed by atoms with van der Waals surface area (Å²) in [5.41, 5.74) is 1.72. The quantitative estimate of drug-likeness (QED) is 0.599. The van der Waals surface area contributed by atoms with Crippen LogP contribution in [0.1, 0.15) is 26.0 Å². The van der Waals surface area contributed by atoms with Gasteiger partial charge >= 0.3 is 0 Å². The first-order valence-corrected chi connectivity index (χ1v) is 8.91. The Morgan fingerprint density at radius 2 is 2.07 bits per heavy atom. The number of allylic oxidation sites excluding steroid dienone is 1. The van der Waals surface area contributed by atoms with Crippen LogP contribution in [0, 0.1) is 0 Å². The lowest BCUT2D eigenvalue weighted by Crippen LogP contribution is -2.45. The van der Waals surface area contributed by atoms with Gasteiger partial charge < -0.3 is 10.3 Å². The fourth-order valence-corrected chi connectivity index (χ4v) is 2.95. The Bertz CT molecular complexity index is 1010. The van der Waals surface area contributed by atoms with Crippen LogP contribution in [-0.2, 0) is 10.2 Å². The third-order valence-electron chi connectivity index (χ3n) is 4.64. The molecular weight excluding hydrogens is 362 g/mol. The van der Waals surface area contributed by atoms with Crippen LogP contribution in [-0.4, -0.2) is 33.3 Å². The molecule has 0 saturated heterocycles. The van der Waals surface area contributed by atoms with Crippen LogP contribution in [0.3, 0.4) is 0 Å². The standard InChI is InChI=1S/C21H22F2N4O/c1-4-10-21(22,23)13-26-19(28)20(2,3)17-7-5-6-16(27-17)14-8-11-24-18-15(14)9-12-25-18/h4-9,11-12H,1,10,13H2,2-3H3,(H,24,25)(H,26,28). The van der Waals surface area contributed by atoms with Crippen molar-refractivity contribution in [1.82, 2.24) is 20.3 Å². The lowest BCUT2D eigenvalue weighted by atomic mass is 9.87. The molecule has 3 aromatic heterocycles. The average Bonchev–Trinajstić information content (AvgIpc) is 3.15. The first-order valence-electron chi connectivity index (χ1n) is 8.91. The molecule has 0 bridgehead atoms.